The molecule has 2 aliphatic rings. The second-order valence-electron chi connectivity index (χ2n) is 9.73. The zero-order chi connectivity index (χ0) is 26.1. The van der Waals surface area contributed by atoms with E-state index in [9.17, 15) is 19.8 Å². The van der Waals surface area contributed by atoms with E-state index in [4.69, 9.17) is 9.47 Å². The summed E-state index contributed by atoms with van der Waals surface area (Å²) in [6.45, 7) is 14.5. The predicted molar refractivity (Wildman–Crippen MR) is 129 cm³/mol. The van der Waals surface area contributed by atoms with Crippen LogP contribution in [-0.2, 0) is 20.9 Å². The second-order valence-corrected chi connectivity index (χ2v) is 9.73. The molecular weight excluding hydrogens is 450 g/mol. The number of ether oxygens (including phenoxy) is 2. The average Bonchev–Trinajstić information content (AvgIpc) is 3.29. The molecule has 35 heavy (non-hydrogen) atoms. The smallest absolute Gasteiger partial charge is 0.347 e. The lowest BCUT2D eigenvalue weighted by molar-refractivity contribution is -0.459. The van der Waals surface area contributed by atoms with Crippen molar-refractivity contribution in [3.63, 3.8) is 0 Å². The molecule has 0 radical (unpaired) electrons. The lowest BCUT2D eigenvalue weighted by atomic mass is 9.70. The van der Waals surface area contributed by atoms with Gasteiger partial charge in [-0.2, -0.15) is 9.67 Å². The van der Waals surface area contributed by atoms with E-state index in [0.717, 1.165) is 5.57 Å². The first-order valence-corrected chi connectivity index (χ1v) is 12.3. The first-order chi connectivity index (χ1) is 16.5. The highest BCUT2D eigenvalue weighted by atomic mass is 16.5. The summed E-state index contributed by atoms with van der Waals surface area (Å²) in [6.07, 6.45) is 2.92. The fourth-order valence-electron chi connectivity index (χ4n) is 4.40. The quantitative estimate of drug-likeness (QED) is 0.290. The van der Waals surface area contributed by atoms with E-state index in [-0.39, 0.29) is 42.2 Å². The molecule has 9 heteroatoms. The molecule has 2 atom stereocenters. The third-order valence-electron chi connectivity index (χ3n) is 6.98. The van der Waals surface area contributed by atoms with Crippen LogP contribution in [0, 0.1) is 24.2 Å². The number of aliphatic hydroxyl groups is 1. The Labute approximate surface area is 206 Å². The van der Waals surface area contributed by atoms with E-state index in [1.807, 2.05) is 41.5 Å². The molecule has 1 aliphatic heterocycles. The van der Waals surface area contributed by atoms with Crippen LogP contribution in [0.5, 0.6) is 5.88 Å². The number of nitrogens with zero attached hydrogens (tertiary/aromatic N) is 3. The van der Waals surface area contributed by atoms with Crippen LogP contribution in [0.2, 0.25) is 0 Å². The van der Waals surface area contributed by atoms with E-state index in [0.29, 0.717) is 43.1 Å². The molecule has 0 aromatic carbocycles. The first kappa shape index (κ1) is 26.5. The van der Waals surface area contributed by atoms with Crippen molar-refractivity contribution in [3.8, 4) is 5.88 Å². The van der Waals surface area contributed by atoms with Gasteiger partial charge < -0.3 is 19.7 Å². The van der Waals surface area contributed by atoms with Crippen molar-refractivity contribution in [1.29, 1.82) is 0 Å². The van der Waals surface area contributed by atoms with Crippen LogP contribution >= 0.6 is 0 Å². The van der Waals surface area contributed by atoms with Gasteiger partial charge in [-0.15, -0.1) is 5.76 Å². The minimum atomic E-state index is -0.934. The van der Waals surface area contributed by atoms with E-state index < -0.39 is 17.3 Å². The maximum absolute atomic E-state index is 13.2. The molecule has 3 rings (SSSR count). The van der Waals surface area contributed by atoms with Crippen LogP contribution < -0.4 is 9.84 Å². The van der Waals surface area contributed by atoms with Crippen LogP contribution in [0.25, 0.3) is 5.57 Å². The largest absolute Gasteiger partial charge is 0.874 e. The topological polar surface area (TPSA) is 117 Å². The van der Waals surface area contributed by atoms with Crippen LogP contribution in [0.4, 0.5) is 0 Å². The minimum absolute atomic E-state index is 0.0361. The van der Waals surface area contributed by atoms with Crippen molar-refractivity contribution in [2.75, 3.05) is 19.8 Å². The van der Waals surface area contributed by atoms with Crippen LogP contribution in [0.3, 0.4) is 0 Å². The number of carbonyl (C=O) groups is 2. The molecule has 2 unspecified atom stereocenters. The molecule has 0 fully saturated rings. The Morgan fingerprint density at radius 2 is 1.91 bits per heavy atom. The van der Waals surface area contributed by atoms with E-state index in [1.165, 1.54) is 0 Å². The Kier molecular flexibility index (Phi) is 7.77. The number of Topliss-reactive ketones (excluding diaryl/α,β-unsaturated/α-hetero) is 1. The van der Waals surface area contributed by atoms with Crippen molar-refractivity contribution in [3.05, 3.63) is 28.8 Å². The number of carbonyl (C=O) groups excluding carboxylic acids is 2. The third-order valence-corrected chi connectivity index (χ3v) is 6.98. The minimum Gasteiger partial charge on any atom is -0.874 e. The zero-order valence-corrected chi connectivity index (χ0v) is 21.8. The number of hydrogen-bond donors (Lipinski definition) is 1. The van der Waals surface area contributed by atoms with Gasteiger partial charge in [0.15, 0.2) is 12.0 Å². The van der Waals surface area contributed by atoms with Crippen molar-refractivity contribution in [2.45, 2.75) is 67.9 Å². The number of ketones is 1. The maximum atomic E-state index is 13.2. The third kappa shape index (κ3) is 4.73. The monoisotopic (exact) mass is 487 g/mol. The Hall–Kier alpha value is -3.10. The van der Waals surface area contributed by atoms with Gasteiger partial charge in [-0.3, -0.25) is 9.59 Å². The first-order valence-electron chi connectivity index (χ1n) is 12.3. The summed E-state index contributed by atoms with van der Waals surface area (Å²) >= 11 is 0. The number of hydrogen-bond acceptors (Lipinski definition) is 6. The van der Waals surface area contributed by atoms with E-state index in [1.54, 1.807) is 22.4 Å². The van der Waals surface area contributed by atoms with Crippen molar-refractivity contribution in [1.82, 2.24) is 9.78 Å². The lowest BCUT2D eigenvalue weighted by Gasteiger charge is -2.38. The Morgan fingerprint density at radius 1 is 1.23 bits per heavy atom. The van der Waals surface area contributed by atoms with Crippen molar-refractivity contribution < 1.29 is 33.9 Å². The molecule has 0 spiro atoms. The second kappa shape index (κ2) is 10.3. The van der Waals surface area contributed by atoms with Gasteiger partial charge in [0.2, 0.25) is 5.88 Å². The molecule has 1 aliphatic carbocycles. The molecule has 0 amide bonds. The summed E-state index contributed by atoms with van der Waals surface area (Å²) in [6, 6.07) is 0. The van der Waals surface area contributed by atoms with Crippen molar-refractivity contribution >= 4 is 23.2 Å². The standard InChI is InChI=1S/C26H37N3O6/c1-8-26(6,7)25(33)35-13-11-12-34-24-18(16(5)27-29(24)10-3)20-21(30)19(22(20)31)17-15(4)14-28(9-2)23(17)32/h14,17,19H,8-13H2,1-7H3,(H,30,31). The van der Waals surface area contributed by atoms with Gasteiger partial charge in [0.1, 0.15) is 12.5 Å². The summed E-state index contributed by atoms with van der Waals surface area (Å²) in [4.78, 5) is 25.4. The SMILES string of the molecule is CCn1nc(C)c(C2=C([O-])C(C3C(C)=C[N+](CC)=C3O)C2=O)c1OCCCOC(=O)C(C)(C)CC. The fraction of sp³-hybridized carbons (Fsp3) is 0.615. The molecule has 0 bridgehead atoms. The molecule has 9 nitrogen and oxygen atoms in total. The van der Waals surface area contributed by atoms with Gasteiger partial charge in [-0.25, -0.2) is 4.68 Å². The molecule has 0 saturated heterocycles. The summed E-state index contributed by atoms with van der Waals surface area (Å²) in [5.41, 5.74) is 1.28. The van der Waals surface area contributed by atoms with E-state index >= 15 is 0 Å². The Balaban J connectivity index is 1.77. The number of aromatic nitrogens is 2. The van der Waals surface area contributed by atoms with Gasteiger partial charge in [0, 0.05) is 24.1 Å². The average molecular weight is 488 g/mol. The number of esters is 1. The fourth-order valence-corrected chi connectivity index (χ4v) is 4.40. The molecule has 192 valence electrons. The Bertz CT molecular complexity index is 1110. The van der Waals surface area contributed by atoms with Crippen LogP contribution in [0.15, 0.2) is 17.5 Å². The lowest BCUT2D eigenvalue weighted by Crippen LogP contribution is -2.44. The number of aliphatic hydroxyl groups excluding tert-OH is 1. The van der Waals surface area contributed by atoms with Gasteiger partial charge in [-0.05, 0) is 48.0 Å². The summed E-state index contributed by atoms with van der Waals surface area (Å²) in [5.74, 6) is -2.03. The van der Waals surface area contributed by atoms with Crippen LogP contribution in [0.1, 0.15) is 65.6 Å². The summed E-state index contributed by atoms with van der Waals surface area (Å²) < 4.78 is 14.6. The molecular formula is C26H37N3O6. The zero-order valence-electron chi connectivity index (χ0n) is 21.8. The maximum Gasteiger partial charge on any atom is 0.347 e. The number of rotatable bonds is 11. The molecule has 1 N–H and O–H groups in total. The number of aryl methyl sites for hydroxylation is 2. The highest BCUT2D eigenvalue weighted by Crippen LogP contribution is 2.46. The highest BCUT2D eigenvalue weighted by Gasteiger charge is 2.49. The van der Waals surface area contributed by atoms with Gasteiger partial charge >= 0.3 is 11.9 Å². The molecule has 1 aromatic heterocycles. The molecule has 2 heterocycles. The molecule has 0 saturated carbocycles. The highest BCUT2D eigenvalue weighted by molar-refractivity contribution is 6.31. The predicted octanol–water partition coefficient (Wildman–Crippen LogP) is 2.75. The van der Waals surface area contributed by atoms with Gasteiger partial charge in [0.25, 0.3) is 0 Å². The van der Waals surface area contributed by atoms with Gasteiger partial charge in [0.05, 0.1) is 35.8 Å². The van der Waals surface area contributed by atoms with Crippen molar-refractivity contribution in [2.24, 2.45) is 17.3 Å². The number of allylic oxidation sites excluding steroid dienone is 2. The van der Waals surface area contributed by atoms with Gasteiger partial charge in [-0.1, -0.05) is 6.92 Å². The normalized spacial score (nSPS) is 20.3. The molecule has 1 aromatic rings. The van der Waals surface area contributed by atoms with E-state index in [2.05, 4.69) is 5.10 Å². The summed E-state index contributed by atoms with van der Waals surface area (Å²) in [7, 11) is 0. The Morgan fingerprint density at radius 3 is 2.46 bits per heavy atom. The summed E-state index contributed by atoms with van der Waals surface area (Å²) in [5, 5.41) is 28.3. The van der Waals surface area contributed by atoms with Crippen LogP contribution in [-0.4, -0.2) is 56.9 Å².